The summed E-state index contributed by atoms with van der Waals surface area (Å²) in [5.74, 6) is -2.03. The molecule has 3 rings (SSSR count). The predicted octanol–water partition coefficient (Wildman–Crippen LogP) is 1.14. The van der Waals surface area contributed by atoms with E-state index in [4.69, 9.17) is 15.2 Å². The summed E-state index contributed by atoms with van der Waals surface area (Å²) in [5.41, 5.74) is 5.62. The van der Waals surface area contributed by atoms with Crippen LogP contribution < -0.4 is 19.7 Å². The maximum Gasteiger partial charge on any atom is 0.356 e. The highest BCUT2D eigenvalue weighted by atomic mass is 16.5. The lowest BCUT2D eigenvalue weighted by Crippen LogP contribution is -2.59. The topological polar surface area (TPSA) is 144 Å². The maximum atomic E-state index is 12.4. The van der Waals surface area contributed by atoms with E-state index in [2.05, 4.69) is 4.90 Å². The molecule has 4 N–H and O–H groups in total. The first-order chi connectivity index (χ1) is 16.1. The van der Waals surface area contributed by atoms with Crippen LogP contribution in [0.1, 0.15) is 32.8 Å². The average Bonchev–Trinajstić information content (AvgIpc) is 3.10. The molecule has 0 unspecified atom stereocenters. The van der Waals surface area contributed by atoms with E-state index >= 15 is 0 Å². The van der Waals surface area contributed by atoms with E-state index in [0.717, 1.165) is 5.56 Å². The molecule has 34 heavy (non-hydrogen) atoms. The molecule has 0 radical (unpaired) electrons. The first kappa shape index (κ1) is 25.1. The Morgan fingerprint density at radius 3 is 2.21 bits per heavy atom. The lowest BCUT2D eigenvalue weighted by atomic mass is 10.2. The van der Waals surface area contributed by atoms with E-state index < -0.39 is 11.9 Å². The number of primary amides is 1. The molecule has 1 amide bonds. The smallest absolute Gasteiger partial charge is 0.356 e. The minimum absolute atomic E-state index is 0.00137. The Morgan fingerprint density at radius 2 is 1.71 bits per heavy atom. The van der Waals surface area contributed by atoms with Crippen LogP contribution in [0.3, 0.4) is 0 Å². The first-order valence-corrected chi connectivity index (χ1v) is 10.9. The number of aromatic carboxylic acids is 2. The first-order valence-electron chi connectivity index (χ1n) is 10.9. The number of nitrogens with zero attached hydrogens (tertiary/aromatic N) is 3. The summed E-state index contributed by atoms with van der Waals surface area (Å²) in [4.78, 5) is 37.7. The van der Waals surface area contributed by atoms with Crippen LogP contribution in [0.15, 0.2) is 24.3 Å². The van der Waals surface area contributed by atoms with E-state index in [1.807, 2.05) is 7.05 Å². The van der Waals surface area contributed by atoms with Crippen molar-refractivity contribution in [3.8, 4) is 11.5 Å². The minimum Gasteiger partial charge on any atom is -0.497 e. The van der Waals surface area contributed by atoms with Gasteiger partial charge in [0.05, 0.1) is 27.2 Å². The monoisotopic (exact) mass is 475 g/mol. The van der Waals surface area contributed by atoms with Crippen molar-refractivity contribution < 1.29 is 34.1 Å². The number of ether oxygens (including phenoxy) is 2. The molecule has 0 spiro atoms. The van der Waals surface area contributed by atoms with Gasteiger partial charge in [0.1, 0.15) is 12.4 Å². The number of nitrogens with two attached hydrogens (primary N) is 1. The van der Waals surface area contributed by atoms with Gasteiger partial charge < -0.3 is 25.4 Å². The summed E-state index contributed by atoms with van der Waals surface area (Å²) < 4.78 is 12.6. The van der Waals surface area contributed by atoms with Crippen molar-refractivity contribution in [1.29, 1.82) is 0 Å². The van der Waals surface area contributed by atoms with Crippen LogP contribution in [-0.2, 0) is 18.4 Å². The molecule has 2 heterocycles. The zero-order valence-electron chi connectivity index (χ0n) is 19.6. The molecular formula is C23H31N4O7+. The highest BCUT2D eigenvalue weighted by molar-refractivity contribution is 6.03. The molecule has 0 bridgehead atoms. The summed E-state index contributed by atoms with van der Waals surface area (Å²) in [5, 5.41) is 20.0. The molecule has 1 aromatic heterocycles. The summed E-state index contributed by atoms with van der Waals surface area (Å²) in [6.07, 6.45) is 0.251. The van der Waals surface area contributed by atoms with Crippen molar-refractivity contribution in [2.24, 2.45) is 12.8 Å². The summed E-state index contributed by atoms with van der Waals surface area (Å²) >= 11 is 0. The van der Waals surface area contributed by atoms with Crippen LogP contribution in [0, 0.1) is 0 Å². The lowest BCUT2D eigenvalue weighted by molar-refractivity contribution is -0.118. The molecule has 11 heteroatoms. The fourth-order valence-corrected chi connectivity index (χ4v) is 4.38. The van der Waals surface area contributed by atoms with Gasteiger partial charge >= 0.3 is 11.9 Å². The fraction of sp³-hybridized carbons (Fsp3) is 0.435. The molecule has 0 atom stereocenters. The highest BCUT2D eigenvalue weighted by Crippen LogP contribution is 2.40. The number of aromatic nitrogens is 1. The van der Waals surface area contributed by atoms with Crippen LogP contribution in [0.25, 0.3) is 0 Å². The number of carbonyl (C=O) groups is 3. The number of amides is 1. The third kappa shape index (κ3) is 5.15. The normalized spacial score (nSPS) is 15.6. The number of rotatable bonds is 10. The van der Waals surface area contributed by atoms with Crippen LogP contribution in [0.5, 0.6) is 11.5 Å². The summed E-state index contributed by atoms with van der Waals surface area (Å²) in [6.45, 7) is 2.82. The van der Waals surface area contributed by atoms with Crippen LogP contribution >= 0.6 is 0 Å². The van der Waals surface area contributed by atoms with Gasteiger partial charge in [-0.3, -0.25) is 18.7 Å². The fourth-order valence-electron chi connectivity index (χ4n) is 4.38. The van der Waals surface area contributed by atoms with Gasteiger partial charge in [0, 0.05) is 33.1 Å². The van der Waals surface area contributed by atoms with E-state index in [0.29, 0.717) is 44.3 Å². The van der Waals surface area contributed by atoms with Crippen LogP contribution in [0.4, 0.5) is 5.82 Å². The number of likely N-dealkylation sites (N-methyl/N-ethyl adjacent to an activating group) is 1. The predicted molar refractivity (Wildman–Crippen MR) is 124 cm³/mol. The molecule has 11 nitrogen and oxygen atoms in total. The molecule has 1 aliphatic rings. The average molecular weight is 476 g/mol. The second-order valence-corrected chi connectivity index (χ2v) is 8.58. The number of quaternary nitrogens is 1. The highest BCUT2D eigenvalue weighted by Gasteiger charge is 2.43. The van der Waals surface area contributed by atoms with Crippen molar-refractivity contribution in [3.63, 3.8) is 0 Å². The molecule has 2 aromatic rings. The van der Waals surface area contributed by atoms with Gasteiger partial charge in [-0.1, -0.05) is 12.1 Å². The molecule has 1 aromatic carbocycles. The SMILES string of the molecule is COc1ccc(COc2c(C(=O)O)c([N+]3(C)CCN(CCC(N)=O)CC3)n(C)c2C(=O)O)cc1. The third-order valence-electron chi connectivity index (χ3n) is 6.28. The Labute approximate surface area is 197 Å². The molecule has 1 aliphatic heterocycles. The van der Waals surface area contributed by atoms with Gasteiger partial charge in [0.2, 0.25) is 11.7 Å². The molecule has 0 aliphatic carbocycles. The zero-order chi connectivity index (χ0) is 25.0. The van der Waals surface area contributed by atoms with Gasteiger partial charge in [-0.15, -0.1) is 0 Å². The Bertz CT molecular complexity index is 1070. The maximum absolute atomic E-state index is 12.4. The number of carboxylic acid groups (broad SMARTS) is 2. The number of hydrogen-bond acceptors (Lipinski definition) is 6. The third-order valence-corrected chi connectivity index (χ3v) is 6.28. The lowest BCUT2D eigenvalue weighted by Gasteiger charge is -2.41. The number of carbonyl (C=O) groups excluding carboxylic acids is 1. The summed E-state index contributed by atoms with van der Waals surface area (Å²) in [7, 11) is 4.98. The van der Waals surface area contributed by atoms with Crippen molar-refractivity contribution in [2.75, 3.05) is 46.9 Å². The molecule has 1 fully saturated rings. The Morgan fingerprint density at radius 1 is 1.09 bits per heavy atom. The zero-order valence-corrected chi connectivity index (χ0v) is 19.6. The van der Waals surface area contributed by atoms with Gasteiger partial charge in [0.25, 0.3) is 0 Å². The van der Waals surface area contributed by atoms with Gasteiger partial charge in [0.15, 0.2) is 17.0 Å². The van der Waals surface area contributed by atoms with Crippen LogP contribution in [-0.4, -0.2) is 84.4 Å². The van der Waals surface area contributed by atoms with Crippen molar-refractivity contribution in [1.82, 2.24) is 14.0 Å². The summed E-state index contributed by atoms with van der Waals surface area (Å²) in [6, 6.07) is 7.02. The van der Waals surface area contributed by atoms with Gasteiger partial charge in [-0.2, -0.15) is 0 Å². The molecule has 0 saturated carbocycles. The minimum atomic E-state index is -1.27. The quantitative estimate of drug-likeness (QED) is 0.434. The number of piperazine rings is 1. The van der Waals surface area contributed by atoms with Crippen molar-refractivity contribution in [3.05, 3.63) is 41.1 Å². The number of hydrogen-bond donors (Lipinski definition) is 3. The van der Waals surface area contributed by atoms with Crippen molar-refractivity contribution >= 4 is 23.7 Å². The number of methoxy groups -OCH3 is 1. The van der Waals surface area contributed by atoms with Gasteiger partial charge in [-0.05, 0) is 17.7 Å². The number of benzene rings is 1. The van der Waals surface area contributed by atoms with Crippen molar-refractivity contribution in [2.45, 2.75) is 13.0 Å². The standard InChI is InChI=1S/C23H30N4O7/c1-25-19(23(31)32)20(34-14-15-4-6-16(33-3)7-5-15)18(22(29)30)21(25)27(2)12-10-26(11-13-27)9-8-17(24)28/h4-7H,8-14H2,1-3H3,(H3-,24,28,29,30,31,32)/p+1. The van der Waals surface area contributed by atoms with E-state index in [1.54, 1.807) is 38.4 Å². The molecular weight excluding hydrogens is 444 g/mol. The van der Waals surface area contributed by atoms with E-state index in [9.17, 15) is 24.6 Å². The molecule has 184 valence electrons. The Kier molecular flexibility index (Phi) is 7.48. The molecule has 1 saturated heterocycles. The number of carboxylic acids is 2. The largest absolute Gasteiger partial charge is 0.497 e. The van der Waals surface area contributed by atoms with E-state index in [-0.39, 0.29) is 40.4 Å². The Balaban J connectivity index is 1.94. The Hall–Kier alpha value is -3.57. The second-order valence-electron chi connectivity index (χ2n) is 8.58. The second kappa shape index (κ2) is 10.1. The van der Waals surface area contributed by atoms with Gasteiger partial charge in [-0.25, -0.2) is 9.59 Å². The van der Waals surface area contributed by atoms with Crippen LogP contribution in [0.2, 0.25) is 0 Å². The van der Waals surface area contributed by atoms with E-state index in [1.165, 1.54) is 4.57 Å².